The number of nitrogens with zero attached hydrogens (tertiary/aromatic N) is 1. The summed E-state index contributed by atoms with van der Waals surface area (Å²) in [5.41, 5.74) is 2.01. The number of amides is 2. The highest BCUT2D eigenvalue weighted by molar-refractivity contribution is 5.73. The molecule has 6 heteroatoms. The monoisotopic (exact) mass is 357 g/mol. The lowest BCUT2D eigenvalue weighted by Crippen LogP contribution is -2.38. The second-order valence-corrected chi connectivity index (χ2v) is 6.49. The number of ether oxygens (including phenoxy) is 1. The summed E-state index contributed by atoms with van der Waals surface area (Å²) in [5, 5.41) is 5.72. The summed E-state index contributed by atoms with van der Waals surface area (Å²) < 4.78 is 18.1. The third kappa shape index (κ3) is 4.88. The highest BCUT2D eigenvalue weighted by Crippen LogP contribution is 2.26. The first-order valence-electron chi connectivity index (χ1n) is 8.79. The van der Waals surface area contributed by atoms with Gasteiger partial charge in [-0.2, -0.15) is 0 Å². The second kappa shape index (κ2) is 8.56. The van der Waals surface area contributed by atoms with Crippen LogP contribution in [0.1, 0.15) is 12.0 Å². The summed E-state index contributed by atoms with van der Waals surface area (Å²) in [5.74, 6) is 0.988. The molecule has 2 N–H and O–H groups in total. The normalized spacial score (nSPS) is 16.4. The Balaban J connectivity index is 1.41. The number of carbonyl (C=O) groups excluding carboxylic acids is 1. The van der Waals surface area contributed by atoms with Crippen molar-refractivity contribution in [1.82, 2.24) is 10.6 Å². The molecule has 0 aromatic heterocycles. The van der Waals surface area contributed by atoms with Gasteiger partial charge in [0.15, 0.2) is 0 Å². The average Bonchev–Trinajstić information content (AvgIpc) is 3.15. The predicted molar refractivity (Wildman–Crippen MR) is 100.0 cm³/mol. The molecule has 3 rings (SSSR count). The second-order valence-electron chi connectivity index (χ2n) is 6.49. The molecule has 1 aliphatic rings. The number of hydrogen-bond donors (Lipinski definition) is 2. The number of nitrogens with one attached hydrogen (secondary N) is 2. The van der Waals surface area contributed by atoms with E-state index in [1.165, 1.54) is 12.1 Å². The quantitative estimate of drug-likeness (QED) is 0.835. The highest BCUT2D eigenvalue weighted by Gasteiger charge is 2.23. The van der Waals surface area contributed by atoms with Gasteiger partial charge >= 0.3 is 6.03 Å². The molecular formula is C20H24FN3O2. The van der Waals surface area contributed by atoms with Crippen molar-refractivity contribution < 1.29 is 13.9 Å². The molecule has 0 radical (unpaired) electrons. The third-order valence-corrected chi connectivity index (χ3v) is 4.62. The molecular weight excluding hydrogens is 333 g/mol. The van der Waals surface area contributed by atoms with Crippen LogP contribution in [0.4, 0.5) is 14.9 Å². The van der Waals surface area contributed by atoms with E-state index in [2.05, 4.69) is 21.6 Å². The smallest absolute Gasteiger partial charge is 0.315 e. The highest BCUT2D eigenvalue weighted by atomic mass is 19.1. The van der Waals surface area contributed by atoms with Crippen molar-refractivity contribution in [1.29, 1.82) is 0 Å². The molecule has 2 amide bonds. The van der Waals surface area contributed by atoms with Gasteiger partial charge < -0.3 is 20.3 Å². The Morgan fingerprint density at radius 1 is 1.23 bits per heavy atom. The van der Waals surface area contributed by atoms with Gasteiger partial charge in [-0.25, -0.2) is 9.18 Å². The molecule has 1 aliphatic heterocycles. The van der Waals surface area contributed by atoms with Crippen molar-refractivity contribution in [3.63, 3.8) is 0 Å². The summed E-state index contributed by atoms with van der Waals surface area (Å²) in [4.78, 5) is 14.3. The molecule has 1 unspecified atom stereocenters. The van der Waals surface area contributed by atoms with Crippen molar-refractivity contribution in [2.45, 2.75) is 13.0 Å². The van der Waals surface area contributed by atoms with Gasteiger partial charge in [-0.1, -0.05) is 18.2 Å². The van der Waals surface area contributed by atoms with Crippen molar-refractivity contribution in [3.8, 4) is 5.75 Å². The van der Waals surface area contributed by atoms with Crippen LogP contribution in [0.2, 0.25) is 0 Å². The fourth-order valence-electron chi connectivity index (χ4n) is 3.13. The number of halogens is 1. The molecule has 1 heterocycles. The minimum Gasteiger partial charge on any atom is -0.497 e. The van der Waals surface area contributed by atoms with Crippen LogP contribution < -0.4 is 20.3 Å². The van der Waals surface area contributed by atoms with E-state index in [9.17, 15) is 9.18 Å². The lowest BCUT2D eigenvalue weighted by atomic mass is 10.1. The SMILES string of the molecule is COc1cccc(N2CCC(CNC(=O)NCc3ccc(F)cc3)C2)c1. The number of benzene rings is 2. The Morgan fingerprint density at radius 2 is 2.04 bits per heavy atom. The largest absolute Gasteiger partial charge is 0.497 e. The van der Waals surface area contributed by atoms with Crippen molar-refractivity contribution >= 4 is 11.7 Å². The van der Waals surface area contributed by atoms with E-state index < -0.39 is 0 Å². The van der Waals surface area contributed by atoms with E-state index in [1.54, 1.807) is 19.2 Å². The summed E-state index contributed by atoms with van der Waals surface area (Å²) in [6, 6.07) is 13.9. The number of rotatable bonds is 6. The molecule has 138 valence electrons. The number of hydrogen-bond acceptors (Lipinski definition) is 3. The van der Waals surface area contributed by atoms with E-state index in [0.717, 1.165) is 36.5 Å². The third-order valence-electron chi connectivity index (χ3n) is 4.62. The van der Waals surface area contributed by atoms with Crippen molar-refractivity contribution in [3.05, 3.63) is 59.9 Å². The standard InChI is InChI=1S/C20H24FN3O2/c1-26-19-4-2-3-18(11-19)24-10-9-16(14-24)13-23-20(25)22-12-15-5-7-17(21)8-6-15/h2-8,11,16H,9-10,12-14H2,1H3,(H2,22,23,25). The number of methoxy groups -OCH3 is 1. The lowest BCUT2D eigenvalue weighted by Gasteiger charge is -2.19. The lowest BCUT2D eigenvalue weighted by molar-refractivity contribution is 0.239. The van der Waals surface area contributed by atoms with Crippen LogP contribution in [0.5, 0.6) is 5.75 Å². The van der Waals surface area contributed by atoms with Crippen molar-refractivity contribution in [2.24, 2.45) is 5.92 Å². The fraction of sp³-hybridized carbons (Fsp3) is 0.350. The first-order chi connectivity index (χ1) is 12.6. The van der Waals surface area contributed by atoms with Gasteiger partial charge in [0.25, 0.3) is 0 Å². The van der Waals surface area contributed by atoms with Gasteiger partial charge in [0.2, 0.25) is 0 Å². The summed E-state index contributed by atoms with van der Waals surface area (Å²) in [6.07, 6.45) is 1.04. The molecule has 0 saturated carbocycles. The molecule has 0 spiro atoms. The van der Waals surface area contributed by atoms with E-state index in [0.29, 0.717) is 19.0 Å². The van der Waals surface area contributed by atoms with Gasteiger partial charge in [0.1, 0.15) is 11.6 Å². The molecule has 1 saturated heterocycles. The van der Waals surface area contributed by atoms with Gasteiger partial charge in [-0.3, -0.25) is 0 Å². The molecule has 0 bridgehead atoms. The summed E-state index contributed by atoms with van der Waals surface area (Å²) in [7, 11) is 1.67. The summed E-state index contributed by atoms with van der Waals surface area (Å²) in [6.45, 7) is 2.89. The number of carbonyl (C=O) groups is 1. The van der Waals surface area contributed by atoms with Crippen LogP contribution in [0, 0.1) is 11.7 Å². The first-order valence-corrected chi connectivity index (χ1v) is 8.79. The van der Waals surface area contributed by atoms with Crippen LogP contribution in [-0.4, -0.2) is 32.8 Å². The van der Waals surface area contributed by atoms with E-state index in [-0.39, 0.29) is 11.8 Å². The molecule has 5 nitrogen and oxygen atoms in total. The van der Waals surface area contributed by atoms with E-state index >= 15 is 0 Å². The average molecular weight is 357 g/mol. The predicted octanol–water partition coefficient (Wildman–Crippen LogP) is 3.16. The van der Waals surface area contributed by atoms with Gasteiger partial charge in [0.05, 0.1) is 7.11 Å². The van der Waals surface area contributed by atoms with Crippen LogP contribution >= 0.6 is 0 Å². The molecule has 1 fully saturated rings. The van der Waals surface area contributed by atoms with Crippen LogP contribution in [-0.2, 0) is 6.54 Å². The molecule has 2 aromatic rings. The maximum Gasteiger partial charge on any atom is 0.315 e. The Bertz CT molecular complexity index is 736. The van der Waals surface area contributed by atoms with Gasteiger partial charge in [-0.05, 0) is 42.2 Å². The molecule has 26 heavy (non-hydrogen) atoms. The zero-order valence-electron chi connectivity index (χ0n) is 14.9. The number of anilines is 1. The minimum atomic E-state index is -0.278. The van der Waals surface area contributed by atoms with Crippen LogP contribution in [0.25, 0.3) is 0 Å². The topological polar surface area (TPSA) is 53.6 Å². The zero-order valence-corrected chi connectivity index (χ0v) is 14.9. The van der Waals surface area contributed by atoms with Crippen LogP contribution in [0.15, 0.2) is 48.5 Å². The first kappa shape index (κ1) is 18.0. The van der Waals surface area contributed by atoms with E-state index in [4.69, 9.17) is 4.74 Å². The molecule has 1 atom stereocenters. The number of urea groups is 1. The Kier molecular flexibility index (Phi) is 5.94. The van der Waals surface area contributed by atoms with Gasteiger partial charge in [0, 0.05) is 37.9 Å². The minimum absolute atomic E-state index is 0.200. The fourth-order valence-corrected chi connectivity index (χ4v) is 3.13. The Labute approximate surface area is 153 Å². The Morgan fingerprint density at radius 3 is 2.81 bits per heavy atom. The maximum absolute atomic E-state index is 12.9. The van der Waals surface area contributed by atoms with Crippen LogP contribution in [0.3, 0.4) is 0 Å². The molecule has 0 aliphatic carbocycles. The van der Waals surface area contributed by atoms with Gasteiger partial charge in [-0.15, -0.1) is 0 Å². The molecule has 2 aromatic carbocycles. The zero-order chi connectivity index (χ0) is 18.4. The van der Waals surface area contributed by atoms with E-state index in [1.807, 2.05) is 18.2 Å². The van der Waals surface area contributed by atoms with Crippen molar-refractivity contribution in [2.75, 3.05) is 31.6 Å². The Hall–Kier alpha value is -2.76. The summed E-state index contributed by atoms with van der Waals surface area (Å²) >= 11 is 0. The maximum atomic E-state index is 12.9.